The molecular formula is C22H17N5OS3. The molecule has 0 aliphatic rings. The van der Waals surface area contributed by atoms with Crippen LogP contribution in [0.4, 0.5) is 17.1 Å². The third-order valence-electron chi connectivity index (χ3n) is 4.04. The van der Waals surface area contributed by atoms with Gasteiger partial charge in [-0.2, -0.15) is 10.2 Å². The Bertz CT molecular complexity index is 1240. The van der Waals surface area contributed by atoms with Crippen LogP contribution >= 0.6 is 35.3 Å². The maximum Gasteiger partial charge on any atom is 0.234 e. The number of amides is 1. The number of hydrogen-bond donors (Lipinski definition) is 1. The smallest absolute Gasteiger partial charge is 0.234 e. The van der Waals surface area contributed by atoms with Crippen molar-refractivity contribution in [3.8, 4) is 5.69 Å². The summed E-state index contributed by atoms with van der Waals surface area (Å²) < 4.78 is 3.11. The van der Waals surface area contributed by atoms with Crippen LogP contribution in [0.3, 0.4) is 0 Å². The number of hydrogen-bond acceptors (Lipinski definition) is 7. The monoisotopic (exact) mass is 463 g/mol. The first-order valence-corrected chi connectivity index (χ1v) is 11.5. The predicted molar refractivity (Wildman–Crippen MR) is 129 cm³/mol. The fourth-order valence-electron chi connectivity index (χ4n) is 2.60. The molecular weight excluding hydrogens is 446 g/mol. The van der Waals surface area contributed by atoms with E-state index in [1.165, 1.54) is 23.1 Å². The van der Waals surface area contributed by atoms with Crippen molar-refractivity contribution < 1.29 is 4.79 Å². The Morgan fingerprint density at radius 1 is 0.935 bits per heavy atom. The number of nitrogens with zero attached hydrogens (tertiary/aromatic N) is 4. The highest BCUT2D eigenvalue weighted by molar-refractivity contribution is 8.01. The highest BCUT2D eigenvalue weighted by atomic mass is 32.2. The van der Waals surface area contributed by atoms with Crippen LogP contribution in [0.1, 0.15) is 0 Å². The quantitative estimate of drug-likeness (QED) is 0.186. The lowest BCUT2D eigenvalue weighted by molar-refractivity contribution is -0.113. The summed E-state index contributed by atoms with van der Waals surface area (Å²) in [5, 5.41) is 15.8. The molecule has 1 N–H and O–H groups in total. The van der Waals surface area contributed by atoms with Gasteiger partial charge in [0, 0.05) is 5.69 Å². The predicted octanol–water partition coefficient (Wildman–Crippen LogP) is 6.81. The lowest BCUT2D eigenvalue weighted by atomic mass is 10.3. The topological polar surface area (TPSA) is 71.6 Å². The Morgan fingerprint density at radius 3 is 2.23 bits per heavy atom. The van der Waals surface area contributed by atoms with Crippen molar-refractivity contribution in [2.24, 2.45) is 10.2 Å². The Kier molecular flexibility index (Phi) is 6.98. The number of anilines is 1. The Hall–Kier alpha value is -3.14. The van der Waals surface area contributed by atoms with Crippen LogP contribution in [-0.4, -0.2) is 21.4 Å². The lowest BCUT2D eigenvalue weighted by Crippen LogP contribution is -2.13. The second-order valence-electron chi connectivity index (χ2n) is 6.30. The molecule has 9 heteroatoms. The summed E-state index contributed by atoms with van der Waals surface area (Å²) >= 11 is 8.14. The summed E-state index contributed by atoms with van der Waals surface area (Å²) in [6.07, 6.45) is 0. The van der Waals surface area contributed by atoms with Gasteiger partial charge in [-0.1, -0.05) is 59.5 Å². The Labute approximate surface area is 192 Å². The van der Waals surface area contributed by atoms with Crippen molar-refractivity contribution in [1.29, 1.82) is 0 Å². The Balaban J connectivity index is 1.31. The molecule has 3 aromatic carbocycles. The van der Waals surface area contributed by atoms with Gasteiger partial charge in [0.25, 0.3) is 0 Å². The van der Waals surface area contributed by atoms with E-state index in [4.69, 9.17) is 12.2 Å². The number of carbonyl (C=O) groups is 1. The second kappa shape index (κ2) is 10.3. The van der Waals surface area contributed by atoms with Crippen LogP contribution in [0.2, 0.25) is 0 Å². The molecule has 0 aliphatic carbocycles. The first-order valence-electron chi connectivity index (χ1n) is 9.32. The van der Waals surface area contributed by atoms with Crippen molar-refractivity contribution in [3.05, 3.63) is 88.9 Å². The number of nitrogens with one attached hydrogen (secondary N) is 1. The molecule has 0 atom stereocenters. The molecule has 4 rings (SSSR count). The van der Waals surface area contributed by atoms with E-state index in [1.807, 2.05) is 72.8 Å². The average Bonchev–Trinajstić information content (AvgIpc) is 3.19. The zero-order valence-corrected chi connectivity index (χ0v) is 18.7. The maximum absolute atomic E-state index is 12.3. The molecule has 0 aliphatic heterocycles. The number of aromatic nitrogens is 2. The van der Waals surface area contributed by atoms with E-state index in [0.29, 0.717) is 15.3 Å². The van der Waals surface area contributed by atoms with Crippen LogP contribution in [-0.2, 0) is 4.79 Å². The summed E-state index contributed by atoms with van der Waals surface area (Å²) in [6, 6.07) is 26.4. The third-order valence-corrected chi connectivity index (χ3v) is 6.41. The van der Waals surface area contributed by atoms with Gasteiger partial charge in [-0.25, -0.2) is 4.68 Å². The molecule has 31 heavy (non-hydrogen) atoms. The number of azo groups is 1. The van der Waals surface area contributed by atoms with E-state index in [0.717, 1.165) is 15.7 Å². The molecule has 154 valence electrons. The van der Waals surface area contributed by atoms with Gasteiger partial charge in [0.15, 0.2) is 8.29 Å². The van der Waals surface area contributed by atoms with Crippen molar-refractivity contribution >= 4 is 58.3 Å². The fraction of sp³-hybridized carbons (Fsp3) is 0.0455. The van der Waals surface area contributed by atoms with Gasteiger partial charge in [-0.05, 0) is 60.7 Å². The molecule has 0 radical (unpaired) electrons. The number of carbonyl (C=O) groups excluding carboxylic acids is 1. The summed E-state index contributed by atoms with van der Waals surface area (Å²) in [4.78, 5) is 12.3. The van der Waals surface area contributed by atoms with Crippen LogP contribution in [0, 0.1) is 3.95 Å². The summed E-state index contributed by atoms with van der Waals surface area (Å²) in [5.41, 5.74) is 3.11. The first kappa shape index (κ1) is 21.1. The van der Waals surface area contributed by atoms with Gasteiger partial charge in [-0.15, -0.1) is 5.10 Å². The van der Waals surface area contributed by atoms with Gasteiger partial charge in [0.1, 0.15) is 0 Å². The van der Waals surface area contributed by atoms with E-state index in [1.54, 1.807) is 16.8 Å². The van der Waals surface area contributed by atoms with Gasteiger partial charge in [0.2, 0.25) is 5.91 Å². The molecule has 0 fully saturated rings. The normalized spacial score (nSPS) is 11.0. The molecule has 0 bridgehead atoms. The van der Waals surface area contributed by atoms with E-state index in [-0.39, 0.29) is 11.7 Å². The summed E-state index contributed by atoms with van der Waals surface area (Å²) in [7, 11) is 0. The maximum atomic E-state index is 12.3. The number of thioether (sulfide) groups is 1. The van der Waals surface area contributed by atoms with Crippen LogP contribution in [0.15, 0.2) is 99.5 Å². The third kappa shape index (κ3) is 5.94. The molecule has 0 spiro atoms. The summed E-state index contributed by atoms with van der Waals surface area (Å²) in [5.74, 6) is 0.128. The molecule has 1 amide bonds. The molecule has 1 aromatic heterocycles. The zero-order chi connectivity index (χ0) is 21.5. The van der Waals surface area contributed by atoms with Crippen molar-refractivity contribution in [3.63, 3.8) is 0 Å². The number of para-hydroxylation sites is 1. The molecule has 0 unspecified atom stereocenters. The second-order valence-corrected chi connectivity index (χ2v) is 9.15. The minimum absolute atomic E-state index is 0.115. The van der Waals surface area contributed by atoms with Gasteiger partial charge in [-0.3, -0.25) is 4.79 Å². The van der Waals surface area contributed by atoms with Crippen LogP contribution in [0.25, 0.3) is 5.69 Å². The highest BCUT2D eigenvalue weighted by Gasteiger charge is 2.09. The van der Waals surface area contributed by atoms with E-state index in [2.05, 4.69) is 20.6 Å². The summed E-state index contributed by atoms with van der Waals surface area (Å²) in [6.45, 7) is 0. The molecule has 0 saturated carbocycles. The minimum Gasteiger partial charge on any atom is -0.325 e. The molecule has 4 aromatic rings. The van der Waals surface area contributed by atoms with Crippen molar-refractivity contribution in [2.45, 2.75) is 4.34 Å². The standard InChI is InChI=1S/C22H17N5OS3/c28-20(15-30-21-26-27(22(29)31-21)19-9-5-2-6-10-19)23-16-11-13-18(14-12-16)25-24-17-7-3-1-4-8-17/h1-14H,15H2,(H,23,28). The first-order chi connectivity index (χ1) is 15.2. The highest BCUT2D eigenvalue weighted by Crippen LogP contribution is 2.25. The van der Waals surface area contributed by atoms with E-state index < -0.39 is 0 Å². The largest absolute Gasteiger partial charge is 0.325 e. The molecule has 1 heterocycles. The van der Waals surface area contributed by atoms with Crippen molar-refractivity contribution in [1.82, 2.24) is 9.78 Å². The molecule has 0 saturated heterocycles. The van der Waals surface area contributed by atoms with Gasteiger partial charge >= 0.3 is 0 Å². The minimum atomic E-state index is -0.115. The number of benzene rings is 3. The van der Waals surface area contributed by atoms with Crippen molar-refractivity contribution in [2.75, 3.05) is 11.1 Å². The molecule has 6 nitrogen and oxygen atoms in total. The SMILES string of the molecule is O=C(CSc1nn(-c2ccccc2)c(=S)s1)Nc1ccc(N=Nc2ccccc2)cc1. The van der Waals surface area contributed by atoms with Gasteiger partial charge < -0.3 is 5.32 Å². The van der Waals surface area contributed by atoms with Crippen LogP contribution < -0.4 is 5.32 Å². The number of rotatable bonds is 7. The van der Waals surface area contributed by atoms with E-state index in [9.17, 15) is 4.79 Å². The average molecular weight is 464 g/mol. The lowest BCUT2D eigenvalue weighted by Gasteiger charge is -2.04. The zero-order valence-electron chi connectivity index (χ0n) is 16.2. The van der Waals surface area contributed by atoms with E-state index >= 15 is 0 Å². The Morgan fingerprint density at radius 2 is 1.55 bits per heavy atom. The van der Waals surface area contributed by atoms with Crippen LogP contribution in [0.5, 0.6) is 0 Å². The van der Waals surface area contributed by atoms with Gasteiger partial charge in [0.05, 0.1) is 22.8 Å². The fourth-order valence-corrected chi connectivity index (χ4v) is 4.76.